The number of carbonyl (C=O) groups excluding carboxylic acids is 2. The van der Waals surface area contributed by atoms with Gasteiger partial charge in [0.05, 0.1) is 12.5 Å². The summed E-state index contributed by atoms with van der Waals surface area (Å²) in [4.78, 5) is 26.0. The summed E-state index contributed by atoms with van der Waals surface area (Å²) in [6, 6.07) is 9.72. The third-order valence-electron chi connectivity index (χ3n) is 4.74. The summed E-state index contributed by atoms with van der Waals surface area (Å²) in [5.41, 5.74) is 0.677. The smallest absolute Gasteiger partial charge is 0.322 e. The summed E-state index contributed by atoms with van der Waals surface area (Å²) in [5, 5.41) is 0. The molecule has 4 heteroatoms. The number of ether oxygens (including phenoxy) is 1. The number of Topliss-reactive ketones (excluding diaryl/α,β-unsaturated/α-hetero) is 1. The number of likely N-dealkylation sites (tertiary alicyclic amines) is 1. The van der Waals surface area contributed by atoms with E-state index in [2.05, 4.69) is 4.90 Å². The molecule has 1 unspecified atom stereocenters. The van der Waals surface area contributed by atoms with Crippen LogP contribution < -0.4 is 0 Å². The maximum absolute atomic E-state index is 12.3. The zero-order valence-corrected chi connectivity index (χ0v) is 13.0. The Hall–Kier alpha value is -1.68. The second-order valence-corrected chi connectivity index (χ2v) is 5.74. The summed E-state index contributed by atoms with van der Waals surface area (Å²) in [7, 11) is 1.41. The maximum Gasteiger partial charge on any atom is 0.322 e. The van der Waals surface area contributed by atoms with E-state index in [1.165, 1.54) is 7.11 Å². The fraction of sp³-hybridized carbons (Fsp3) is 0.529. The fourth-order valence-corrected chi connectivity index (χ4v) is 3.21. The molecule has 1 heterocycles. The van der Waals surface area contributed by atoms with Gasteiger partial charge in [-0.1, -0.05) is 30.3 Å². The lowest BCUT2D eigenvalue weighted by Crippen LogP contribution is -2.51. The van der Waals surface area contributed by atoms with E-state index in [4.69, 9.17) is 4.74 Å². The van der Waals surface area contributed by atoms with Gasteiger partial charge in [-0.15, -0.1) is 0 Å². The molecule has 1 aliphatic heterocycles. The summed E-state index contributed by atoms with van der Waals surface area (Å²) >= 11 is 0. The molecule has 0 aromatic heterocycles. The normalized spacial score (nSPS) is 19.8. The minimum absolute atomic E-state index is 0.207. The van der Waals surface area contributed by atoms with E-state index in [0.29, 0.717) is 0 Å². The van der Waals surface area contributed by atoms with Gasteiger partial charge >= 0.3 is 5.97 Å². The average Bonchev–Trinajstić information content (AvgIpc) is 2.54. The standard InChI is InChI=1S/C17H23NO3/c1-13(16(20)21-3)18-11-9-17(10-12-18,14(2)19)15-7-5-4-6-8-15/h4-8,13H,9-12H2,1-3H3. The molecule has 0 amide bonds. The zero-order chi connectivity index (χ0) is 15.5. The van der Waals surface area contributed by atoms with Crippen molar-refractivity contribution in [3.63, 3.8) is 0 Å². The topological polar surface area (TPSA) is 46.6 Å². The molecule has 0 radical (unpaired) electrons. The first-order chi connectivity index (χ1) is 10.0. The molecule has 4 nitrogen and oxygen atoms in total. The number of nitrogens with zero attached hydrogens (tertiary/aromatic N) is 1. The van der Waals surface area contributed by atoms with Crippen LogP contribution in [0.3, 0.4) is 0 Å². The third-order valence-corrected chi connectivity index (χ3v) is 4.74. The number of hydrogen-bond donors (Lipinski definition) is 0. The molecule has 0 aliphatic carbocycles. The molecule has 1 aromatic rings. The minimum atomic E-state index is -0.409. The van der Waals surface area contributed by atoms with Crippen molar-refractivity contribution < 1.29 is 14.3 Å². The molecular weight excluding hydrogens is 266 g/mol. The summed E-state index contributed by atoms with van der Waals surface area (Å²) in [6.07, 6.45) is 1.49. The third kappa shape index (κ3) is 3.00. The second-order valence-electron chi connectivity index (χ2n) is 5.74. The van der Waals surface area contributed by atoms with Crippen LogP contribution in [0.15, 0.2) is 30.3 Å². The molecule has 1 saturated heterocycles. The first-order valence-corrected chi connectivity index (χ1v) is 7.40. The first kappa shape index (κ1) is 15.7. The SMILES string of the molecule is COC(=O)C(C)N1CCC(C(C)=O)(c2ccccc2)CC1. The van der Waals surface area contributed by atoms with Gasteiger partial charge in [-0.25, -0.2) is 0 Å². The minimum Gasteiger partial charge on any atom is -0.468 e. The van der Waals surface area contributed by atoms with Crippen molar-refractivity contribution in [3.8, 4) is 0 Å². The van der Waals surface area contributed by atoms with Gasteiger partial charge < -0.3 is 4.74 Å². The molecular formula is C17H23NO3. The van der Waals surface area contributed by atoms with Crippen LogP contribution in [0.1, 0.15) is 32.3 Å². The van der Waals surface area contributed by atoms with Crippen molar-refractivity contribution >= 4 is 11.8 Å². The summed E-state index contributed by atoms with van der Waals surface area (Å²) < 4.78 is 4.80. The number of carbonyl (C=O) groups is 2. The highest BCUT2D eigenvalue weighted by molar-refractivity contribution is 5.88. The van der Waals surface area contributed by atoms with Crippen molar-refractivity contribution in [3.05, 3.63) is 35.9 Å². The highest BCUT2D eigenvalue weighted by Crippen LogP contribution is 2.36. The van der Waals surface area contributed by atoms with E-state index in [0.717, 1.165) is 31.5 Å². The van der Waals surface area contributed by atoms with Crippen LogP contribution in [0.4, 0.5) is 0 Å². The molecule has 21 heavy (non-hydrogen) atoms. The van der Waals surface area contributed by atoms with Crippen LogP contribution in [-0.4, -0.2) is 42.9 Å². The van der Waals surface area contributed by atoms with Gasteiger partial charge in [0.15, 0.2) is 0 Å². The molecule has 1 aromatic carbocycles. The van der Waals surface area contributed by atoms with E-state index < -0.39 is 5.41 Å². The van der Waals surface area contributed by atoms with Crippen LogP contribution in [0.25, 0.3) is 0 Å². The monoisotopic (exact) mass is 289 g/mol. The van der Waals surface area contributed by atoms with Crippen LogP contribution >= 0.6 is 0 Å². The number of ketones is 1. The largest absolute Gasteiger partial charge is 0.468 e. The highest BCUT2D eigenvalue weighted by Gasteiger charge is 2.41. The van der Waals surface area contributed by atoms with Gasteiger partial charge in [-0.2, -0.15) is 0 Å². The number of esters is 1. The van der Waals surface area contributed by atoms with Gasteiger partial charge in [-0.05, 0) is 32.3 Å². The lowest BCUT2D eigenvalue weighted by atomic mass is 9.70. The Morgan fingerprint density at radius 3 is 2.24 bits per heavy atom. The van der Waals surface area contributed by atoms with Gasteiger partial charge in [0.25, 0.3) is 0 Å². The molecule has 2 rings (SSSR count). The molecule has 1 atom stereocenters. The predicted molar refractivity (Wildman–Crippen MR) is 81.1 cm³/mol. The Kier molecular flexibility index (Phi) is 4.78. The molecule has 0 bridgehead atoms. The van der Waals surface area contributed by atoms with Crippen LogP contribution in [0, 0.1) is 0 Å². The van der Waals surface area contributed by atoms with Gasteiger partial charge in [-0.3, -0.25) is 14.5 Å². The Bertz CT molecular complexity index is 504. The average molecular weight is 289 g/mol. The Labute approximate surface area is 126 Å². The Morgan fingerprint density at radius 2 is 1.76 bits per heavy atom. The van der Waals surface area contributed by atoms with Crippen molar-refractivity contribution in [2.45, 2.75) is 38.1 Å². The van der Waals surface area contributed by atoms with Crippen LogP contribution in [0.2, 0.25) is 0 Å². The van der Waals surface area contributed by atoms with Crippen LogP contribution in [0.5, 0.6) is 0 Å². The summed E-state index contributed by atoms with van der Waals surface area (Å²) in [5.74, 6) is -0.0101. The predicted octanol–water partition coefficient (Wildman–Crippen LogP) is 2.17. The van der Waals surface area contributed by atoms with E-state index in [1.54, 1.807) is 6.92 Å². The van der Waals surface area contributed by atoms with E-state index in [9.17, 15) is 9.59 Å². The molecule has 114 valence electrons. The van der Waals surface area contributed by atoms with E-state index >= 15 is 0 Å². The molecule has 0 spiro atoms. The maximum atomic E-state index is 12.3. The van der Waals surface area contributed by atoms with Crippen molar-refractivity contribution in [1.29, 1.82) is 0 Å². The van der Waals surface area contributed by atoms with Crippen LogP contribution in [-0.2, 0) is 19.7 Å². The van der Waals surface area contributed by atoms with Crippen molar-refractivity contribution in [2.75, 3.05) is 20.2 Å². The fourth-order valence-electron chi connectivity index (χ4n) is 3.21. The van der Waals surface area contributed by atoms with Gasteiger partial charge in [0, 0.05) is 13.1 Å². The first-order valence-electron chi connectivity index (χ1n) is 7.40. The Balaban J connectivity index is 2.16. The summed E-state index contributed by atoms with van der Waals surface area (Å²) in [6.45, 7) is 4.98. The lowest BCUT2D eigenvalue weighted by molar-refractivity contribution is -0.147. The molecule has 1 aliphatic rings. The number of hydrogen-bond acceptors (Lipinski definition) is 4. The van der Waals surface area contributed by atoms with Crippen molar-refractivity contribution in [1.82, 2.24) is 4.90 Å². The van der Waals surface area contributed by atoms with E-state index in [-0.39, 0.29) is 17.8 Å². The molecule has 0 saturated carbocycles. The highest BCUT2D eigenvalue weighted by atomic mass is 16.5. The second kappa shape index (κ2) is 6.39. The number of methoxy groups -OCH3 is 1. The number of benzene rings is 1. The lowest BCUT2D eigenvalue weighted by Gasteiger charge is -2.42. The Morgan fingerprint density at radius 1 is 1.19 bits per heavy atom. The molecule has 1 fully saturated rings. The molecule has 0 N–H and O–H groups in total. The van der Waals surface area contributed by atoms with Gasteiger partial charge in [0.1, 0.15) is 11.8 Å². The zero-order valence-electron chi connectivity index (χ0n) is 13.0. The number of rotatable bonds is 4. The van der Waals surface area contributed by atoms with E-state index in [1.807, 2.05) is 37.3 Å². The quantitative estimate of drug-likeness (QED) is 0.797. The van der Waals surface area contributed by atoms with Gasteiger partial charge in [0.2, 0.25) is 0 Å². The van der Waals surface area contributed by atoms with Crippen molar-refractivity contribution in [2.24, 2.45) is 0 Å². The number of piperidine rings is 1.